The number of carbonyl (C=O) groups is 1. The fraction of sp³-hybridized carbons (Fsp3) is 0.400. The number of carboxylic acid groups (broad SMARTS) is 1. The first-order chi connectivity index (χ1) is 18.0. The minimum absolute atomic E-state index is 0.134. The Labute approximate surface area is 213 Å². The van der Waals surface area contributed by atoms with Crippen molar-refractivity contribution in [3.8, 4) is 23.1 Å². The summed E-state index contributed by atoms with van der Waals surface area (Å²) in [7, 11) is 1.79. The lowest BCUT2D eigenvalue weighted by molar-refractivity contribution is -0.143. The maximum Gasteiger partial charge on any atom is 0.356 e. The average molecular weight is 505 g/mol. The maximum absolute atomic E-state index is 11.4. The lowest BCUT2D eigenvalue weighted by Gasteiger charge is -2.27. The Kier molecular flexibility index (Phi) is 7.06. The first-order valence-electron chi connectivity index (χ1n) is 12.2. The molecule has 5 rings (SSSR count). The highest BCUT2D eigenvalue weighted by molar-refractivity contribution is 5.70. The lowest BCUT2D eigenvalue weighted by Crippen LogP contribution is -2.29. The Bertz CT molecular complexity index is 1370. The molecule has 1 fully saturated rings. The summed E-state index contributed by atoms with van der Waals surface area (Å²) in [5.74, 6) is -0.475. The highest BCUT2D eigenvalue weighted by Gasteiger charge is 2.28. The number of nitrogens with zero attached hydrogens (tertiary/aromatic N) is 8. The molecule has 1 aromatic carbocycles. The van der Waals surface area contributed by atoms with Crippen LogP contribution in [-0.4, -0.2) is 57.4 Å². The third kappa shape index (κ3) is 5.74. The molecule has 4 aromatic rings. The van der Waals surface area contributed by atoms with Gasteiger partial charge < -0.3 is 14.6 Å². The number of aromatic nitrogens is 8. The topological polar surface area (TPSA) is 143 Å². The predicted molar refractivity (Wildman–Crippen MR) is 131 cm³/mol. The number of pyridine rings is 1. The van der Waals surface area contributed by atoms with Crippen LogP contribution in [0, 0.1) is 12.8 Å². The predicted octanol–water partition coefficient (Wildman–Crippen LogP) is 2.82. The van der Waals surface area contributed by atoms with E-state index in [0.29, 0.717) is 42.3 Å². The standard InChI is InChI=1S/C25H28N8O4/c1-16-22(37-19-10-6-9-18(13-19)24(34)35)12-11-20(26-16)23-21(32(2)30-27-23)14-33-29-25(28-31-33)36-15-17-7-4-3-5-8-17/h3-5,7-8,11-12,18-19H,6,9-10,13-15H2,1-2H3,(H,34,35)/t18-,19-/m0/s1. The van der Waals surface area contributed by atoms with Crippen LogP contribution in [0.5, 0.6) is 11.8 Å². The van der Waals surface area contributed by atoms with E-state index in [1.807, 2.05) is 49.4 Å². The van der Waals surface area contributed by atoms with E-state index >= 15 is 0 Å². The summed E-state index contributed by atoms with van der Waals surface area (Å²) in [6.07, 6.45) is 2.74. The van der Waals surface area contributed by atoms with Crippen LogP contribution in [0.1, 0.15) is 42.6 Å². The summed E-state index contributed by atoms with van der Waals surface area (Å²) in [6, 6.07) is 13.6. The quantitative estimate of drug-likeness (QED) is 0.361. The first kappa shape index (κ1) is 24.3. The highest BCUT2D eigenvalue weighted by atomic mass is 16.5. The van der Waals surface area contributed by atoms with Gasteiger partial charge in [-0.2, -0.15) is 4.80 Å². The Morgan fingerprint density at radius 2 is 1.95 bits per heavy atom. The molecule has 192 valence electrons. The zero-order chi connectivity index (χ0) is 25.8. The second-order valence-electron chi connectivity index (χ2n) is 9.11. The second-order valence-corrected chi connectivity index (χ2v) is 9.11. The van der Waals surface area contributed by atoms with Crippen LogP contribution in [0.25, 0.3) is 11.4 Å². The molecule has 3 heterocycles. The van der Waals surface area contributed by atoms with Crippen LogP contribution >= 0.6 is 0 Å². The number of aliphatic carboxylic acids is 1. The van der Waals surface area contributed by atoms with Crippen LogP contribution in [0.15, 0.2) is 42.5 Å². The van der Waals surface area contributed by atoms with Crippen molar-refractivity contribution in [1.29, 1.82) is 0 Å². The lowest BCUT2D eigenvalue weighted by atomic mass is 9.87. The van der Waals surface area contributed by atoms with Crippen molar-refractivity contribution in [3.63, 3.8) is 0 Å². The number of rotatable bonds is 9. The number of hydrogen-bond acceptors (Lipinski definition) is 9. The van der Waals surface area contributed by atoms with Gasteiger partial charge in [-0.25, -0.2) is 9.67 Å². The van der Waals surface area contributed by atoms with Gasteiger partial charge in [0.2, 0.25) is 0 Å². The van der Waals surface area contributed by atoms with Crippen molar-refractivity contribution < 1.29 is 19.4 Å². The molecule has 37 heavy (non-hydrogen) atoms. The van der Waals surface area contributed by atoms with Crippen molar-refractivity contribution >= 4 is 5.97 Å². The molecule has 0 spiro atoms. The molecule has 1 saturated carbocycles. The number of carboxylic acids is 1. The third-order valence-corrected chi connectivity index (χ3v) is 6.43. The Hall–Kier alpha value is -4.35. The van der Waals surface area contributed by atoms with E-state index in [1.54, 1.807) is 11.7 Å². The van der Waals surface area contributed by atoms with E-state index in [0.717, 1.165) is 24.1 Å². The molecule has 12 nitrogen and oxygen atoms in total. The van der Waals surface area contributed by atoms with E-state index in [2.05, 4.69) is 25.7 Å². The van der Waals surface area contributed by atoms with Crippen molar-refractivity contribution in [1.82, 2.24) is 40.2 Å². The summed E-state index contributed by atoms with van der Waals surface area (Å²) in [5, 5.41) is 30.2. The summed E-state index contributed by atoms with van der Waals surface area (Å²) in [6.45, 7) is 2.49. The van der Waals surface area contributed by atoms with Crippen molar-refractivity contribution in [2.24, 2.45) is 13.0 Å². The third-order valence-electron chi connectivity index (χ3n) is 6.43. The van der Waals surface area contributed by atoms with Gasteiger partial charge in [0.15, 0.2) is 0 Å². The zero-order valence-corrected chi connectivity index (χ0v) is 20.7. The van der Waals surface area contributed by atoms with E-state index in [-0.39, 0.29) is 24.6 Å². The van der Waals surface area contributed by atoms with E-state index < -0.39 is 5.97 Å². The molecule has 0 amide bonds. The van der Waals surface area contributed by atoms with Crippen LogP contribution in [0.4, 0.5) is 0 Å². The molecule has 1 aliphatic rings. The Balaban J connectivity index is 1.27. The molecule has 0 saturated heterocycles. The summed E-state index contributed by atoms with van der Waals surface area (Å²) >= 11 is 0. The molecule has 0 radical (unpaired) electrons. The van der Waals surface area contributed by atoms with Gasteiger partial charge >= 0.3 is 12.0 Å². The number of aryl methyl sites for hydroxylation is 2. The molecule has 1 N–H and O–H groups in total. The SMILES string of the molecule is Cc1nc(-c2nnn(C)c2Cn2nnc(OCc3ccccc3)n2)ccc1O[C@H]1CCC[C@H](C(=O)O)C1. The highest BCUT2D eigenvalue weighted by Crippen LogP contribution is 2.30. The Morgan fingerprint density at radius 3 is 2.73 bits per heavy atom. The monoisotopic (exact) mass is 504 g/mol. The number of tetrazole rings is 1. The maximum atomic E-state index is 11.4. The molecule has 2 atom stereocenters. The zero-order valence-electron chi connectivity index (χ0n) is 20.7. The first-order valence-corrected chi connectivity index (χ1v) is 12.2. The van der Waals surface area contributed by atoms with Gasteiger partial charge in [-0.05, 0) is 55.5 Å². The summed E-state index contributed by atoms with van der Waals surface area (Å²) < 4.78 is 13.4. The fourth-order valence-corrected chi connectivity index (χ4v) is 4.42. The molecule has 12 heteroatoms. The average Bonchev–Trinajstić information content (AvgIpc) is 3.51. The normalized spacial score (nSPS) is 17.5. The van der Waals surface area contributed by atoms with Crippen LogP contribution < -0.4 is 9.47 Å². The number of ether oxygens (including phenoxy) is 2. The van der Waals surface area contributed by atoms with Gasteiger partial charge in [0.25, 0.3) is 0 Å². The summed E-state index contributed by atoms with van der Waals surface area (Å²) in [4.78, 5) is 17.5. The van der Waals surface area contributed by atoms with Crippen molar-refractivity contribution in [2.75, 3.05) is 0 Å². The molecule has 3 aromatic heterocycles. The molecule has 1 aliphatic carbocycles. The molecular weight excluding hydrogens is 476 g/mol. The van der Waals surface area contributed by atoms with Gasteiger partial charge in [0.05, 0.1) is 29.1 Å². The molecule has 0 unspecified atom stereocenters. The minimum atomic E-state index is -0.759. The second kappa shape index (κ2) is 10.7. The minimum Gasteiger partial charge on any atom is -0.489 e. The van der Waals surface area contributed by atoms with Gasteiger partial charge in [-0.3, -0.25) is 4.79 Å². The van der Waals surface area contributed by atoms with Crippen molar-refractivity contribution in [3.05, 3.63) is 59.4 Å². The van der Waals surface area contributed by atoms with Crippen LogP contribution in [0.2, 0.25) is 0 Å². The van der Waals surface area contributed by atoms with Gasteiger partial charge in [0.1, 0.15) is 24.6 Å². The summed E-state index contributed by atoms with van der Waals surface area (Å²) in [5.41, 5.74) is 3.70. The van der Waals surface area contributed by atoms with Crippen LogP contribution in [-0.2, 0) is 25.0 Å². The van der Waals surface area contributed by atoms with Gasteiger partial charge in [-0.15, -0.1) is 5.10 Å². The van der Waals surface area contributed by atoms with Gasteiger partial charge in [0, 0.05) is 7.05 Å². The molecule has 0 bridgehead atoms. The fourth-order valence-electron chi connectivity index (χ4n) is 4.42. The Morgan fingerprint density at radius 1 is 1.11 bits per heavy atom. The van der Waals surface area contributed by atoms with E-state index in [9.17, 15) is 9.90 Å². The number of hydrogen-bond donors (Lipinski definition) is 1. The van der Waals surface area contributed by atoms with Crippen LogP contribution in [0.3, 0.4) is 0 Å². The van der Waals surface area contributed by atoms with E-state index in [4.69, 9.17) is 14.5 Å². The van der Waals surface area contributed by atoms with Crippen molar-refractivity contribution in [2.45, 2.75) is 51.9 Å². The smallest absolute Gasteiger partial charge is 0.356 e. The van der Waals surface area contributed by atoms with Gasteiger partial charge in [-0.1, -0.05) is 45.7 Å². The molecule has 0 aliphatic heterocycles. The molecular formula is C25H28N8O4. The van der Waals surface area contributed by atoms with E-state index in [1.165, 1.54) is 4.80 Å². The number of benzene rings is 1. The largest absolute Gasteiger partial charge is 0.489 e.